The smallest absolute Gasteiger partial charge is 0.324 e. The van der Waals surface area contributed by atoms with Crippen LogP contribution in [0.3, 0.4) is 0 Å². The Hall–Kier alpha value is -2.00. The molecule has 1 N–H and O–H groups in total. The Bertz CT molecular complexity index is 726. The Kier molecular flexibility index (Phi) is 7.10. The maximum atomic E-state index is 12.5. The molecule has 1 aromatic carbocycles. The average molecular weight is 382 g/mol. The molecule has 144 valence electrons. The summed E-state index contributed by atoms with van der Waals surface area (Å²) in [6, 6.07) is 5.13. The molecule has 1 saturated heterocycles. The summed E-state index contributed by atoms with van der Waals surface area (Å²) in [6.45, 7) is 5.27. The fourth-order valence-corrected chi connectivity index (χ4v) is 3.93. The summed E-state index contributed by atoms with van der Waals surface area (Å²) >= 11 is 0. The number of benzene rings is 1. The van der Waals surface area contributed by atoms with Crippen molar-refractivity contribution in [3.8, 4) is 0 Å². The number of methoxy groups -OCH3 is 1. The van der Waals surface area contributed by atoms with Crippen molar-refractivity contribution in [1.29, 1.82) is 0 Å². The highest BCUT2D eigenvalue weighted by atomic mass is 32.2. The van der Waals surface area contributed by atoms with E-state index >= 15 is 0 Å². The first kappa shape index (κ1) is 20.3. The van der Waals surface area contributed by atoms with E-state index in [0.717, 1.165) is 25.9 Å². The van der Waals surface area contributed by atoms with Gasteiger partial charge in [-0.2, -0.15) is 4.72 Å². The SMILES string of the molecule is COC(=O)[C@@H](NS(=O)(=O)c1ccc(N=NN2CCCCC2)cc1)C(C)C. The van der Waals surface area contributed by atoms with E-state index in [-0.39, 0.29) is 10.8 Å². The zero-order valence-corrected chi connectivity index (χ0v) is 16.2. The second kappa shape index (κ2) is 9.09. The van der Waals surface area contributed by atoms with Crippen LogP contribution in [0.15, 0.2) is 39.5 Å². The molecule has 26 heavy (non-hydrogen) atoms. The summed E-state index contributed by atoms with van der Waals surface area (Å²) in [6.07, 6.45) is 3.44. The predicted octanol–water partition coefficient (Wildman–Crippen LogP) is 2.65. The van der Waals surface area contributed by atoms with Gasteiger partial charge in [-0.15, -0.1) is 5.11 Å². The van der Waals surface area contributed by atoms with Crippen molar-refractivity contribution in [3.63, 3.8) is 0 Å². The van der Waals surface area contributed by atoms with Crippen LogP contribution in [0.1, 0.15) is 33.1 Å². The fourth-order valence-electron chi connectivity index (χ4n) is 2.59. The summed E-state index contributed by atoms with van der Waals surface area (Å²) in [5, 5.41) is 10.2. The number of carbonyl (C=O) groups excluding carboxylic acids is 1. The molecule has 1 atom stereocenters. The zero-order valence-electron chi connectivity index (χ0n) is 15.4. The first-order valence-electron chi connectivity index (χ1n) is 8.70. The summed E-state index contributed by atoms with van der Waals surface area (Å²) in [7, 11) is -2.62. The first-order valence-corrected chi connectivity index (χ1v) is 10.2. The lowest BCUT2D eigenvalue weighted by molar-refractivity contribution is -0.143. The molecule has 0 aliphatic carbocycles. The Morgan fingerprint density at radius 1 is 1.15 bits per heavy atom. The van der Waals surface area contributed by atoms with Crippen LogP contribution in [0.5, 0.6) is 0 Å². The Labute approximate surface area is 154 Å². The van der Waals surface area contributed by atoms with Gasteiger partial charge >= 0.3 is 5.97 Å². The summed E-state index contributed by atoms with van der Waals surface area (Å²) in [4.78, 5) is 11.8. The number of rotatable bonds is 7. The lowest BCUT2D eigenvalue weighted by Crippen LogP contribution is -2.44. The number of sulfonamides is 1. The molecule has 0 unspecified atom stereocenters. The van der Waals surface area contributed by atoms with Crippen LogP contribution < -0.4 is 4.72 Å². The zero-order chi connectivity index (χ0) is 19.2. The lowest BCUT2D eigenvalue weighted by Gasteiger charge is -2.21. The minimum absolute atomic E-state index is 0.0592. The molecule has 1 heterocycles. The van der Waals surface area contributed by atoms with E-state index in [1.54, 1.807) is 26.0 Å². The van der Waals surface area contributed by atoms with Crippen molar-refractivity contribution in [1.82, 2.24) is 9.73 Å². The minimum Gasteiger partial charge on any atom is -0.468 e. The number of hydrogen-bond acceptors (Lipinski definition) is 6. The number of ether oxygens (including phenoxy) is 1. The molecule has 1 aliphatic heterocycles. The average Bonchev–Trinajstić information content (AvgIpc) is 2.65. The number of carbonyl (C=O) groups is 1. The Morgan fingerprint density at radius 2 is 1.77 bits per heavy atom. The van der Waals surface area contributed by atoms with E-state index in [2.05, 4.69) is 19.8 Å². The molecule has 0 radical (unpaired) electrons. The maximum Gasteiger partial charge on any atom is 0.324 e. The molecule has 0 spiro atoms. The van der Waals surface area contributed by atoms with Gasteiger partial charge < -0.3 is 4.74 Å². The van der Waals surface area contributed by atoms with E-state index < -0.39 is 22.0 Å². The second-order valence-corrected chi connectivity index (χ2v) is 8.28. The molecule has 0 bridgehead atoms. The van der Waals surface area contributed by atoms with Crippen LogP contribution in [0, 0.1) is 5.92 Å². The molecule has 1 aromatic rings. The molecule has 0 amide bonds. The van der Waals surface area contributed by atoms with Gasteiger partial charge in [0.2, 0.25) is 10.0 Å². The van der Waals surface area contributed by atoms with Crippen molar-refractivity contribution < 1.29 is 17.9 Å². The summed E-state index contributed by atoms with van der Waals surface area (Å²) < 4.78 is 32.1. The third-order valence-corrected chi connectivity index (χ3v) is 5.63. The monoisotopic (exact) mass is 382 g/mol. The summed E-state index contributed by atoms with van der Waals surface area (Å²) in [5.74, 6) is -0.856. The van der Waals surface area contributed by atoms with E-state index in [4.69, 9.17) is 0 Å². The van der Waals surface area contributed by atoms with Crippen molar-refractivity contribution in [2.24, 2.45) is 16.3 Å². The number of hydrogen-bond donors (Lipinski definition) is 1. The van der Waals surface area contributed by atoms with Crippen LogP contribution in [-0.4, -0.2) is 45.6 Å². The maximum absolute atomic E-state index is 12.5. The lowest BCUT2D eigenvalue weighted by atomic mass is 10.1. The first-order chi connectivity index (χ1) is 12.3. The largest absolute Gasteiger partial charge is 0.468 e. The number of nitrogens with zero attached hydrogens (tertiary/aromatic N) is 3. The molecular weight excluding hydrogens is 356 g/mol. The molecular formula is C17H26N4O4S. The number of nitrogens with one attached hydrogen (secondary N) is 1. The molecule has 9 heteroatoms. The molecule has 0 saturated carbocycles. The van der Waals surface area contributed by atoms with Gasteiger partial charge in [0.25, 0.3) is 0 Å². The molecule has 1 aliphatic rings. The van der Waals surface area contributed by atoms with Crippen molar-refractivity contribution in [3.05, 3.63) is 24.3 Å². The van der Waals surface area contributed by atoms with Crippen LogP contribution in [0.25, 0.3) is 0 Å². The van der Waals surface area contributed by atoms with Crippen LogP contribution in [-0.2, 0) is 19.6 Å². The van der Waals surface area contributed by atoms with Gasteiger partial charge in [-0.3, -0.25) is 9.80 Å². The van der Waals surface area contributed by atoms with Crippen molar-refractivity contribution in [2.45, 2.75) is 44.0 Å². The Balaban J connectivity index is 2.07. The van der Waals surface area contributed by atoms with Gasteiger partial charge in [-0.05, 0) is 49.4 Å². The second-order valence-electron chi connectivity index (χ2n) is 6.56. The predicted molar refractivity (Wildman–Crippen MR) is 97.3 cm³/mol. The normalized spacial score (nSPS) is 16.8. The molecule has 2 rings (SSSR count). The molecule has 8 nitrogen and oxygen atoms in total. The van der Waals surface area contributed by atoms with Gasteiger partial charge in [-0.1, -0.05) is 19.1 Å². The van der Waals surface area contributed by atoms with E-state index in [1.165, 1.54) is 25.7 Å². The van der Waals surface area contributed by atoms with Crippen LogP contribution in [0.4, 0.5) is 5.69 Å². The van der Waals surface area contributed by atoms with Gasteiger partial charge in [0.15, 0.2) is 0 Å². The number of esters is 1. The van der Waals surface area contributed by atoms with E-state index in [0.29, 0.717) is 5.69 Å². The molecule has 1 fully saturated rings. The quantitative estimate of drug-likeness (QED) is 0.577. The fraction of sp³-hybridized carbons (Fsp3) is 0.588. The standard InChI is InChI=1S/C17H26N4O4S/c1-13(2)16(17(22)25-3)19-26(23,24)15-9-7-14(8-10-15)18-20-21-11-5-4-6-12-21/h7-10,13,16,19H,4-6,11-12H2,1-3H3/t16-/m0/s1. The van der Waals surface area contributed by atoms with Crippen LogP contribution in [0.2, 0.25) is 0 Å². The van der Waals surface area contributed by atoms with E-state index in [9.17, 15) is 13.2 Å². The highest BCUT2D eigenvalue weighted by Crippen LogP contribution is 2.19. The van der Waals surface area contributed by atoms with Crippen LogP contribution >= 0.6 is 0 Å². The van der Waals surface area contributed by atoms with Gasteiger partial charge in [-0.25, -0.2) is 8.42 Å². The molecule has 0 aromatic heterocycles. The third-order valence-electron chi connectivity index (χ3n) is 4.17. The topological polar surface area (TPSA) is 100 Å². The van der Waals surface area contributed by atoms with Gasteiger partial charge in [0, 0.05) is 13.1 Å². The third kappa shape index (κ3) is 5.50. The highest BCUT2D eigenvalue weighted by molar-refractivity contribution is 7.89. The van der Waals surface area contributed by atoms with Crippen molar-refractivity contribution in [2.75, 3.05) is 20.2 Å². The van der Waals surface area contributed by atoms with E-state index in [1.807, 2.05) is 5.01 Å². The minimum atomic E-state index is -3.85. The van der Waals surface area contributed by atoms with Gasteiger partial charge in [0.05, 0.1) is 17.7 Å². The number of piperidine rings is 1. The Morgan fingerprint density at radius 3 is 2.31 bits per heavy atom. The highest BCUT2D eigenvalue weighted by Gasteiger charge is 2.29. The van der Waals surface area contributed by atoms with Gasteiger partial charge in [0.1, 0.15) is 6.04 Å². The summed E-state index contributed by atoms with van der Waals surface area (Å²) in [5.41, 5.74) is 0.572. The van der Waals surface area contributed by atoms with Crippen molar-refractivity contribution >= 4 is 21.7 Å².